The quantitative estimate of drug-likeness (QED) is 0.220. The maximum atomic E-state index is 12.1. The predicted molar refractivity (Wildman–Crippen MR) is 168 cm³/mol. The van der Waals surface area contributed by atoms with Crippen molar-refractivity contribution in [1.82, 2.24) is 5.32 Å². The van der Waals surface area contributed by atoms with Gasteiger partial charge in [-0.15, -0.1) is 0 Å². The van der Waals surface area contributed by atoms with Crippen LogP contribution in [0.1, 0.15) is 71.4 Å². The van der Waals surface area contributed by atoms with Crippen molar-refractivity contribution in [1.29, 1.82) is 0 Å². The number of benzene rings is 2. The van der Waals surface area contributed by atoms with E-state index in [1.165, 1.54) is 33.9 Å². The largest absolute Gasteiger partial charge is 0.394 e. The molecule has 0 saturated carbocycles. The molecule has 0 aromatic heterocycles. The number of fused-ring (bicyclic) bond motifs is 2. The summed E-state index contributed by atoms with van der Waals surface area (Å²) in [5.41, 5.74) is 7.84. The first-order chi connectivity index (χ1) is 19.7. The highest BCUT2D eigenvalue weighted by molar-refractivity contribution is 6.03. The highest BCUT2D eigenvalue weighted by Gasteiger charge is 2.43. The number of unbranched alkanes of at least 4 members (excludes halogenated alkanes) is 2. The first kappa shape index (κ1) is 30.7. The lowest BCUT2D eigenvalue weighted by atomic mass is 9.81. The lowest BCUT2D eigenvalue weighted by Crippen LogP contribution is -2.28. The van der Waals surface area contributed by atoms with Crippen LogP contribution in [0.25, 0.3) is 0 Å². The normalized spacial score (nSPS) is 17.9. The SMILES string of the molecule is CC[N+]1=C(/C=C/C=C2/N(CCCCCC(=O)NCCOCCO)c3ccccc3C2(C)C)C(C)(C)c2ccccc21. The first-order valence-corrected chi connectivity index (χ1v) is 15.2. The maximum absolute atomic E-state index is 12.1. The Labute approximate surface area is 246 Å². The van der Waals surface area contributed by atoms with E-state index in [4.69, 9.17) is 9.84 Å². The number of ether oxygens (including phenoxy) is 1. The van der Waals surface area contributed by atoms with Gasteiger partial charge in [-0.2, -0.15) is 4.58 Å². The molecule has 4 rings (SSSR count). The smallest absolute Gasteiger partial charge is 0.220 e. The Morgan fingerprint density at radius 2 is 1.71 bits per heavy atom. The van der Waals surface area contributed by atoms with Gasteiger partial charge in [0.15, 0.2) is 5.71 Å². The van der Waals surface area contributed by atoms with Gasteiger partial charge < -0.3 is 20.1 Å². The molecule has 1 amide bonds. The highest BCUT2D eigenvalue weighted by atomic mass is 16.5. The highest BCUT2D eigenvalue weighted by Crippen LogP contribution is 2.47. The molecule has 6 heteroatoms. The Kier molecular flexibility index (Phi) is 10.2. The molecule has 2 aromatic rings. The number of nitrogens with one attached hydrogen (secondary N) is 1. The molecule has 41 heavy (non-hydrogen) atoms. The molecule has 220 valence electrons. The van der Waals surface area contributed by atoms with Gasteiger partial charge in [0.05, 0.1) is 25.2 Å². The summed E-state index contributed by atoms with van der Waals surface area (Å²) in [7, 11) is 0. The molecule has 0 atom stereocenters. The van der Waals surface area contributed by atoms with E-state index in [9.17, 15) is 4.79 Å². The Balaban J connectivity index is 1.44. The van der Waals surface area contributed by atoms with Crippen LogP contribution in [0.15, 0.2) is 72.5 Å². The summed E-state index contributed by atoms with van der Waals surface area (Å²) >= 11 is 0. The van der Waals surface area contributed by atoms with Crippen molar-refractivity contribution in [2.75, 3.05) is 44.4 Å². The zero-order valence-electron chi connectivity index (χ0n) is 25.6. The van der Waals surface area contributed by atoms with Gasteiger partial charge in [0.1, 0.15) is 6.54 Å². The van der Waals surface area contributed by atoms with Crippen LogP contribution >= 0.6 is 0 Å². The van der Waals surface area contributed by atoms with Gasteiger partial charge in [0.25, 0.3) is 0 Å². The average molecular weight is 559 g/mol. The van der Waals surface area contributed by atoms with E-state index < -0.39 is 0 Å². The number of hydrogen-bond acceptors (Lipinski definition) is 4. The summed E-state index contributed by atoms with van der Waals surface area (Å²) in [6.45, 7) is 14.6. The lowest BCUT2D eigenvalue weighted by molar-refractivity contribution is -0.433. The molecule has 2 aliphatic heterocycles. The van der Waals surface area contributed by atoms with Crippen LogP contribution in [0.2, 0.25) is 0 Å². The second-order valence-electron chi connectivity index (χ2n) is 12.0. The molecule has 2 N–H and O–H groups in total. The van der Waals surface area contributed by atoms with Gasteiger partial charge in [0.2, 0.25) is 11.6 Å². The molecule has 0 radical (unpaired) electrons. The van der Waals surface area contributed by atoms with E-state index in [1.54, 1.807) is 0 Å². The average Bonchev–Trinajstić information content (AvgIpc) is 3.31. The molecule has 2 aromatic carbocycles. The van der Waals surface area contributed by atoms with Crippen LogP contribution in [0, 0.1) is 0 Å². The molecule has 0 spiro atoms. The van der Waals surface area contributed by atoms with Crippen LogP contribution in [-0.4, -0.2) is 60.8 Å². The van der Waals surface area contributed by atoms with Crippen molar-refractivity contribution in [3.63, 3.8) is 0 Å². The van der Waals surface area contributed by atoms with Crippen LogP contribution < -0.4 is 10.2 Å². The van der Waals surface area contributed by atoms with E-state index in [0.717, 1.165) is 32.4 Å². The van der Waals surface area contributed by atoms with Crippen LogP contribution in [0.5, 0.6) is 0 Å². The van der Waals surface area contributed by atoms with Gasteiger partial charge in [-0.1, -0.05) is 62.7 Å². The number of aliphatic hydroxyl groups is 1. The monoisotopic (exact) mass is 558 g/mol. The molecule has 0 bridgehead atoms. The zero-order valence-corrected chi connectivity index (χ0v) is 25.6. The number of allylic oxidation sites excluding steroid dienone is 4. The standard InChI is InChI=1S/C35H47N3O3/c1-6-37-29-17-11-9-15-27(29)34(2,3)31(37)19-14-20-32-35(4,5)28-16-10-12-18-30(28)38(32)23-13-7-8-21-33(40)36-22-25-41-26-24-39/h9-12,14-20,39H,6-8,13,21-26H2,1-5H3/p+1. The first-order valence-electron chi connectivity index (χ1n) is 15.2. The van der Waals surface area contributed by atoms with Crippen molar-refractivity contribution in [2.24, 2.45) is 0 Å². The minimum absolute atomic E-state index is 0.00369. The fraction of sp³-hybridized carbons (Fsp3) is 0.486. The van der Waals surface area contributed by atoms with Crippen molar-refractivity contribution in [3.05, 3.63) is 83.6 Å². The van der Waals surface area contributed by atoms with Gasteiger partial charge >= 0.3 is 0 Å². The van der Waals surface area contributed by atoms with E-state index in [2.05, 4.69) is 116 Å². The zero-order chi connectivity index (χ0) is 29.5. The molecule has 6 nitrogen and oxygen atoms in total. The molecule has 2 aliphatic rings. The number of aliphatic hydroxyl groups excluding tert-OH is 1. The summed E-state index contributed by atoms with van der Waals surface area (Å²) in [4.78, 5) is 14.6. The molecule has 0 fully saturated rings. The number of amides is 1. The van der Waals surface area contributed by atoms with Crippen molar-refractivity contribution < 1.29 is 19.2 Å². The minimum Gasteiger partial charge on any atom is -0.394 e. The van der Waals surface area contributed by atoms with Gasteiger partial charge in [-0.05, 0) is 51.3 Å². The second-order valence-corrected chi connectivity index (χ2v) is 12.0. The molecular formula is C35H48N3O3+. The third-order valence-corrected chi connectivity index (χ3v) is 8.51. The second kappa shape index (κ2) is 13.6. The van der Waals surface area contributed by atoms with E-state index >= 15 is 0 Å². The number of anilines is 1. The Morgan fingerprint density at radius 3 is 2.46 bits per heavy atom. The van der Waals surface area contributed by atoms with E-state index in [0.29, 0.717) is 26.2 Å². The van der Waals surface area contributed by atoms with E-state index in [1.807, 2.05) is 0 Å². The predicted octanol–water partition coefficient (Wildman–Crippen LogP) is 6.01. The van der Waals surface area contributed by atoms with Crippen LogP contribution in [-0.2, 0) is 20.4 Å². The molecule has 0 aliphatic carbocycles. The number of nitrogens with zero attached hydrogens (tertiary/aromatic N) is 2. The third kappa shape index (κ3) is 6.65. The topological polar surface area (TPSA) is 64.8 Å². The Hall–Kier alpha value is -3.22. The van der Waals surface area contributed by atoms with Gasteiger partial charge in [-0.3, -0.25) is 4.79 Å². The summed E-state index contributed by atoms with van der Waals surface area (Å²) in [5, 5.41) is 11.6. The van der Waals surface area contributed by atoms with Crippen molar-refractivity contribution in [2.45, 2.75) is 71.1 Å². The lowest BCUT2D eigenvalue weighted by Gasteiger charge is -2.27. The van der Waals surface area contributed by atoms with E-state index in [-0.39, 0.29) is 23.3 Å². The van der Waals surface area contributed by atoms with Gasteiger partial charge in [-0.25, -0.2) is 0 Å². The van der Waals surface area contributed by atoms with Crippen molar-refractivity contribution >= 4 is 23.0 Å². The summed E-state index contributed by atoms with van der Waals surface area (Å²) in [5.74, 6) is 0.0617. The minimum atomic E-state index is -0.0951. The Morgan fingerprint density at radius 1 is 0.976 bits per heavy atom. The third-order valence-electron chi connectivity index (χ3n) is 8.51. The van der Waals surface area contributed by atoms with Crippen molar-refractivity contribution in [3.8, 4) is 0 Å². The molecular weight excluding hydrogens is 510 g/mol. The number of carbonyl (C=O) groups is 1. The number of rotatable bonds is 14. The van der Waals surface area contributed by atoms with Crippen LogP contribution in [0.4, 0.5) is 11.4 Å². The Bertz CT molecular complexity index is 1310. The molecule has 0 unspecified atom stereocenters. The number of para-hydroxylation sites is 2. The van der Waals surface area contributed by atoms with Crippen LogP contribution in [0.3, 0.4) is 0 Å². The summed E-state index contributed by atoms with van der Waals surface area (Å²) < 4.78 is 7.64. The van der Waals surface area contributed by atoms with Gasteiger partial charge in [0, 0.05) is 54.0 Å². The molecule has 2 heterocycles. The number of hydrogen-bond donors (Lipinski definition) is 2. The summed E-state index contributed by atoms with van der Waals surface area (Å²) in [6, 6.07) is 17.5. The fourth-order valence-corrected chi connectivity index (χ4v) is 6.34. The molecule has 0 saturated heterocycles. The maximum Gasteiger partial charge on any atom is 0.220 e. The number of carbonyl (C=O) groups excluding carboxylic acids is 1. The fourth-order valence-electron chi connectivity index (χ4n) is 6.34. The summed E-state index contributed by atoms with van der Waals surface area (Å²) in [6.07, 6.45) is 10.3.